The molecule has 1 heterocycles. The van der Waals surface area contributed by atoms with E-state index in [1.807, 2.05) is 31.2 Å². The number of anilines is 1. The zero-order valence-electron chi connectivity index (χ0n) is 15.5. The van der Waals surface area contributed by atoms with Gasteiger partial charge in [0.05, 0.1) is 10.2 Å². The number of thioether (sulfide) groups is 1. The number of rotatable bonds is 6. The molecule has 0 aliphatic carbocycles. The molecule has 1 atom stereocenters. The molecule has 0 bridgehead atoms. The molecule has 0 saturated heterocycles. The molecule has 1 N–H and O–H groups in total. The smallest absolute Gasteiger partial charge is 0.277 e. The molecule has 144 valence electrons. The molecular formula is C19H18N4O4S. The van der Waals surface area contributed by atoms with Crippen LogP contribution >= 0.6 is 11.8 Å². The van der Waals surface area contributed by atoms with Crippen LogP contribution in [0.2, 0.25) is 0 Å². The number of carbonyl (C=O) groups excluding carboxylic acids is 1. The molecular weight excluding hydrogens is 380 g/mol. The Morgan fingerprint density at radius 2 is 2.00 bits per heavy atom. The van der Waals surface area contributed by atoms with Gasteiger partial charge in [-0.15, -0.1) is 10.2 Å². The van der Waals surface area contributed by atoms with Crippen molar-refractivity contribution >= 4 is 29.0 Å². The Hall–Kier alpha value is -3.20. The fraction of sp³-hybridized carbons (Fsp3) is 0.211. The van der Waals surface area contributed by atoms with E-state index in [1.54, 1.807) is 26.0 Å². The van der Waals surface area contributed by atoms with Crippen molar-refractivity contribution in [2.45, 2.75) is 31.2 Å². The van der Waals surface area contributed by atoms with Crippen LogP contribution in [-0.2, 0) is 4.79 Å². The fourth-order valence-electron chi connectivity index (χ4n) is 2.48. The highest BCUT2D eigenvalue weighted by Crippen LogP contribution is 2.28. The third-order valence-electron chi connectivity index (χ3n) is 3.99. The summed E-state index contributed by atoms with van der Waals surface area (Å²) in [5.41, 5.74) is 2.73. The maximum atomic E-state index is 12.4. The number of amides is 1. The first-order valence-electron chi connectivity index (χ1n) is 8.46. The van der Waals surface area contributed by atoms with E-state index < -0.39 is 10.2 Å². The number of nitrogens with zero attached hydrogens (tertiary/aromatic N) is 3. The van der Waals surface area contributed by atoms with E-state index in [-0.39, 0.29) is 16.8 Å². The van der Waals surface area contributed by atoms with Gasteiger partial charge in [-0.2, -0.15) is 0 Å². The van der Waals surface area contributed by atoms with Crippen molar-refractivity contribution in [3.05, 3.63) is 63.7 Å². The minimum Gasteiger partial charge on any atom is -0.411 e. The molecule has 0 radical (unpaired) electrons. The summed E-state index contributed by atoms with van der Waals surface area (Å²) in [5, 5.41) is 21.4. The normalized spacial score (nSPS) is 11.8. The first-order chi connectivity index (χ1) is 13.3. The van der Waals surface area contributed by atoms with Crippen LogP contribution in [0.5, 0.6) is 0 Å². The molecule has 3 aromatic rings. The SMILES string of the molecule is Cc1cccc(-c2nnc(S[C@@H](C)C(=O)Nc3ccc(C)c([N+](=O)[O-])c3)o2)c1. The second-order valence-electron chi connectivity index (χ2n) is 6.25. The first kappa shape index (κ1) is 19.6. The number of aryl methyl sites for hydroxylation is 2. The monoisotopic (exact) mass is 398 g/mol. The lowest BCUT2D eigenvalue weighted by Gasteiger charge is -2.10. The lowest BCUT2D eigenvalue weighted by molar-refractivity contribution is -0.385. The largest absolute Gasteiger partial charge is 0.411 e. The van der Waals surface area contributed by atoms with Crippen molar-refractivity contribution in [2.24, 2.45) is 0 Å². The summed E-state index contributed by atoms with van der Waals surface area (Å²) in [6.45, 7) is 5.31. The number of nitrogens with one attached hydrogen (secondary N) is 1. The van der Waals surface area contributed by atoms with E-state index in [0.29, 0.717) is 17.1 Å². The summed E-state index contributed by atoms with van der Waals surface area (Å²) in [7, 11) is 0. The standard InChI is InChI=1S/C19H18N4O4S/c1-11-5-4-6-14(9-11)18-21-22-19(27-18)28-13(3)17(24)20-15-8-7-12(2)16(10-15)23(25)26/h4-10,13H,1-3H3,(H,20,24)/t13-/m0/s1. The van der Waals surface area contributed by atoms with Crippen molar-refractivity contribution in [3.8, 4) is 11.5 Å². The summed E-state index contributed by atoms with van der Waals surface area (Å²) in [6.07, 6.45) is 0. The van der Waals surface area contributed by atoms with Crippen LogP contribution in [-0.4, -0.2) is 26.3 Å². The second-order valence-corrected chi connectivity index (χ2v) is 7.54. The molecule has 1 amide bonds. The van der Waals surface area contributed by atoms with E-state index in [2.05, 4.69) is 15.5 Å². The molecule has 0 unspecified atom stereocenters. The second kappa shape index (κ2) is 8.22. The third-order valence-corrected chi connectivity index (χ3v) is 4.93. The average Bonchev–Trinajstić information content (AvgIpc) is 3.11. The summed E-state index contributed by atoms with van der Waals surface area (Å²) < 4.78 is 5.63. The molecule has 1 aromatic heterocycles. The average molecular weight is 398 g/mol. The molecule has 0 aliphatic heterocycles. The number of carbonyl (C=O) groups is 1. The maximum absolute atomic E-state index is 12.4. The molecule has 28 heavy (non-hydrogen) atoms. The van der Waals surface area contributed by atoms with Crippen molar-refractivity contribution in [1.82, 2.24) is 10.2 Å². The Balaban J connectivity index is 1.66. The van der Waals surface area contributed by atoms with Crippen LogP contribution in [0, 0.1) is 24.0 Å². The van der Waals surface area contributed by atoms with Crippen molar-refractivity contribution < 1.29 is 14.1 Å². The zero-order chi connectivity index (χ0) is 20.3. The third kappa shape index (κ3) is 4.55. The van der Waals surface area contributed by atoms with Gasteiger partial charge in [0.15, 0.2) is 0 Å². The van der Waals surface area contributed by atoms with E-state index in [0.717, 1.165) is 22.9 Å². The van der Waals surface area contributed by atoms with Crippen molar-refractivity contribution in [3.63, 3.8) is 0 Å². The van der Waals surface area contributed by atoms with E-state index in [4.69, 9.17) is 4.42 Å². The number of hydrogen-bond donors (Lipinski definition) is 1. The lowest BCUT2D eigenvalue weighted by Crippen LogP contribution is -2.22. The molecule has 9 heteroatoms. The molecule has 0 saturated carbocycles. The fourth-order valence-corrected chi connectivity index (χ4v) is 3.17. The molecule has 3 rings (SSSR count). The van der Waals surface area contributed by atoms with Gasteiger partial charge in [0.25, 0.3) is 10.9 Å². The summed E-state index contributed by atoms with van der Waals surface area (Å²) in [4.78, 5) is 23.0. The number of aromatic nitrogens is 2. The minimum absolute atomic E-state index is 0.0437. The minimum atomic E-state index is -0.536. The molecule has 0 fully saturated rings. The van der Waals surface area contributed by atoms with Gasteiger partial charge < -0.3 is 9.73 Å². The Bertz CT molecular complexity index is 1030. The summed E-state index contributed by atoms with van der Waals surface area (Å²) in [6, 6.07) is 12.2. The predicted molar refractivity (Wildman–Crippen MR) is 106 cm³/mol. The van der Waals surface area contributed by atoms with Gasteiger partial charge in [-0.25, -0.2) is 0 Å². The number of hydrogen-bond acceptors (Lipinski definition) is 7. The highest BCUT2D eigenvalue weighted by Gasteiger charge is 2.20. The topological polar surface area (TPSA) is 111 Å². The van der Waals surface area contributed by atoms with E-state index >= 15 is 0 Å². The summed E-state index contributed by atoms with van der Waals surface area (Å²) >= 11 is 1.12. The lowest BCUT2D eigenvalue weighted by atomic mass is 10.1. The Morgan fingerprint density at radius 1 is 1.21 bits per heavy atom. The van der Waals surface area contributed by atoms with Gasteiger partial charge in [0.2, 0.25) is 11.8 Å². The number of nitro groups is 1. The van der Waals surface area contributed by atoms with Crippen LogP contribution in [0.1, 0.15) is 18.1 Å². The summed E-state index contributed by atoms with van der Waals surface area (Å²) in [5.74, 6) is 0.0615. The van der Waals surface area contributed by atoms with Crippen LogP contribution in [0.15, 0.2) is 52.1 Å². The van der Waals surface area contributed by atoms with Crippen LogP contribution in [0.25, 0.3) is 11.5 Å². The van der Waals surface area contributed by atoms with Crippen molar-refractivity contribution in [2.75, 3.05) is 5.32 Å². The Morgan fingerprint density at radius 3 is 2.71 bits per heavy atom. The van der Waals surface area contributed by atoms with Crippen LogP contribution in [0.3, 0.4) is 0 Å². The number of nitro benzene ring substituents is 1. The molecule has 8 nitrogen and oxygen atoms in total. The molecule has 0 spiro atoms. The van der Waals surface area contributed by atoms with E-state index in [9.17, 15) is 14.9 Å². The highest BCUT2D eigenvalue weighted by atomic mass is 32.2. The van der Waals surface area contributed by atoms with E-state index in [1.165, 1.54) is 6.07 Å². The zero-order valence-corrected chi connectivity index (χ0v) is 16.3. The molecule has 2 aromatic carbocycles. The maximum Gasteiger partial charge on any atom is 0.277 e. The van der Waals surface area contributed by atoms with Gasteiger partial charge in [-0.3, -0.25) is 14.9 Å². The predicted octanol–water partition coefficient (Wildman–Crippen LogP) is 4.38. The number of benzene rings is 2. The van der Waals surface area contributed by atoms with Gasteiger partial charge in [-0.05, 0) is 39.0 Å². The van der Waals surface area contributed by atoms with Gasteiger partial charge in [0.1, 0.15) is 0 Å². The van der Waals surface area contributed by atoms with Gasteiger partial charge >= 0.3 is 0 Å². The van der Waals surface area contributed by atoms with Crippen LogP contribution < -0.4 is 5.32 Å². The first-order valence-corrected chi connectivity index (χ1v) is 9.34. The quantitative estimate of drug-likeness (QED) is 0.372. The Kier molecular flexibility index (Phi) is 5.74. The molecule has 0 aliphatic rings. The van der Waals surface area contributed by atoms with Crippen molar-refractivity contribution in [1.29, 1.82) is 0 Å². The Labute approximate surface area is 165 Å². The highest BCUT2D eigenvalue weighted by molar-refractivity contribution is 8.00. The van der Waals surface area contributed by atoms with Gasteiger partial charge in [-0.1, -0.05) is 35.5 Å². The van der Waals surface area contributed by atoms with Gasteiger partial charge in [0, 0.05) is 22.9 Å². The van der Waals surface area contributed by atoms with Crippen LogP contribution in [0.4, 0.5) is 11.4 Å².